The Balaban J connectivity index is 1.91. The molecule has 94 valence electrons. The first kappa shape index (κ1) is 13.2. The van der Waals surface area contributed by atoms with E-state index in [4.69, 9.17) is 4.74 Å². The number of ether oxygens (including phenoxy) is 1. The SMILES string of the molecule is COc1ccc([Se]C[C@H](O)c2ccccc2)cc1. The molecule has 0 aromatic heterocycles. The van der Waals surface area contributed by atoms with Gasteiger partial charge < -0.3 is 0 Å². The van der Waals surface area contributed by atoms with Crippen molar-refractivity contribution >= 4 is 19.4 Å². The fourth-order valence-electron chi connectivity index (χ4n) is 1.62. The second-order valence-corrected chi connectivity index (χ2v) is 6.21. The number of benzene rings is 2. The molecular formula is C15H16O2Se. The van der Waals surface area contributed by atoms with Crippen LogP contribution in [0.25, 0.3) is 0 Å². The normalized spacial score (nSPS) is 12.1. The van der Waals surface area contributed by atoms with E-state index in [-0.39, 0.29) is 21.1 Å². The summed E-state index contributed by atoms with van der Waals surface area (Å²) in [6, 6.07) is 17.9. The number of hydrogen-bond acceptors (Lipinski definition) is 2. The molecule has 18 heavy (non-hydrogen) atoms. The summed E-state index contributed by atoms with van der Waals surface area (Å²) in [6.45, 7) is 0. The van der Waals surface area contributed by atoms with E-state index in [1.807, 2.05) is 42.5 Å². The summed E-state index contributed by atoms with van der Waals surface area (Å²) in [5, 5.41) is 10.9. The van der Waals surface area contributed by atoms with Gasteiger partial charge in [-0.1, -0.05) is 0 Å². The van der Waals surface area contributed by atoms with Crippen molar-refractivity contribution in [2.24, 2.45) is 0 Å². The van der Waals surface area contributed by atoms with Gasteiger partial charge in [0.2, 0.25) is 0 Å². The predicted molar refractivity (Wildman–Crippen MR) is 74.6 cm³/mol. The number of methoxy groups -OCH3 is 1. The van der Waals surface area contributed by atoms with E-state index in [0.717, 1.165) is 16.6 Å². The Kier molecular flexibility index (Phi) is 4.82. The van der Waals surface area contributed by atoms with Crippen LogP contribution in [-0.4, -0.2) is 27.2 Å². The van der Waals surface area contributed by atoms with Crippen molar-refractivity contribution in [1.29, 1.82) is 0 Å². The first-order valence-corrected chi connectivity index (χ1v) is 7.86. The molecule has 1 atom stereocenters. The second kappa shape index (κ2) is 6.60. The predicted octanol–water partition coefficient (Wildman–Crippen LogP) is 2.18. The van der Waals surface area contributed by atoms with Gasteiger partial charge in [-0.15, -0.1) is 0 Å². The standard InChI is InChI=1S/C15H16O2Se/c1-17-13-7-9-14(10-8-13)18-11-15(16)12-5-3-2-4-6-12/h2-10,15-16H,11H2,1H3/t15-/m0/s1. The van der Waals surface area contributed by atoms with Crippen molar-refractivity contribution in [2.45, 2.75) is 11.4 Å². The Hall–Kier alpha value is -1.28. The van der Waals surface area contributed by atoms with E-state index in [1.165, 1.54) is 4.46 Å². The molecular weight excluding hydrogens is 291 g/mol. The van der Waals surface area contributed by atoms with Crippen LogP contribution in [0, 0.1) is 0 Å². The zero-order chi connectivity index (χ0) is 12.8. The third-order valence-corrected chi connectivity index (χ3v) is 4.93. The molecule has 0 bridgehead atoms. The van der Waals surface area contributed by atoms with Gasteiger partial charge >= 0.3 is 114 Å². The van der Waals surface area contributed by atoms with Gasteiger partial charge in [0.1, 0.15) is 0 Å². The van der Waals surface area contributed by atoms with Crippen LogP contribution in [0.15, 0.2) is 54.6 Å². The van der Waals surface area contributed by atoms with Crippen molar-refractivity contribution < 1.29 is 9.84 Å². The van der Waals surface area contributed by atoms with Gasteiger partial charge in [-0.25, -0.2) is 0 Å². The van der Waals surface area contributed by atoms with Gasteiger partial charge in [0.05, 0.1) is 0 Å². The van der Waals surface area contributed by atoms with Crippen molar-refractivity contribution in [3.05, 3.63) is 60.2 Å². The summed E-state index contributed by atoms with van der Waals surface area (Å²) in [4.78, 5) is 0. The van der Waals surface area contributed by atoms with E-state index in [1.54, 1.807) is 7.11 Å². The van der Waals surface area contributed by atoms with Gasteiger partial charge in [-0.05, 0) is 0 Å². The maximum absolute atomic E-state index is 10.1. The quantitative estimate of drug-likeness (QED) is 0.858. The molecule has 2 nitrogen and oxygen atoms in total. The molecule has 1 N–H and O–H groups in total. The second-order valence-electron chi connectivity index (χ2n) is 3.91. The van der Waals surface area contributed by atoms with Gasteiger partial charge in [0, 0.05) is 0 Å². The molecule has 0 heterocycles. The van der Waals surface area contributed by atoms with Crippen LogP contribution >= 0.6 is 0 Å². The molecule has 0 saturated heterocycles. The zero-order valence-corrected chi connectivity index (χ0v) is 12.0. The van der Waals surface area contributed by atoms with E-state index in [9.17, 15) is 5.11 Å². The van der Waals surface area contributed by atoms with E-state index in [2.05, 4.69) is 12.1 Å². The number of hydrogen-bond donors (Lipinski definition) is 1. The summed E-state index contributed by atoms with van der Waals surface area (Å²) in [5.41, 5.74) is 0.993. The summed E-state index contributed by atoms with van der Waals surface area (Å²) in [7, 11) is 1.67. The fraction of sp³-hybridized carbons (Fsp3) is 0.200. The van der Waals surface area contributed by atoms with Gasteiger partial charge in [-0.3, -0.25) is 0 Å². The van der Waals surface area contributed by atoms with Crippen molar-refractivity contribution in [2.75, 3.05) is 7.11 Å². The Morgan fingerprint density at radius 1 is 1.06 bits per heavy atom. The Morgan fingerprint density at radius 2 is 1.72 bits per heavy atom. The molecule has 0 aliphatic rings. The molecule has 0 amide bonds. The fourth-order valence-corrected chi connectivity index (χ4v) is 3.45. The monoisotopic (exact) mass is 308 g/mol. The van der Waals surface area contributed by atoms with E-state index < -0.39 is 0 Å². The first-order chi connectivity index (χ1) is 8.79. The van der Waals surface area contributed by atoms with Crippen LogP contribution < -0.4 is 9.20 Å². The molecule has 0 spiro atoms. The molecule has 2 aromatic rings. The average Bonchev–Trinajstić information content (AvgIpc) is 2.46. The number of aliphatic hydroxyl groups is 1. The molecule has 3 heteroatoms. The van der Waals surface area contributed by atoms with Crippen LogP contribution in [0.5, 0.6) is 5.75 Å². The molecule has 0 unspecified atom stereocenters. The minimum atomic E-state index is -0.367. The number of rotatable bonds is 5. The third kappa shape index (κ3) is 3.61. The van der Waals surface area contributed by atoms with Gasteiger partial charge in [0.15, 0.2) is 0 Å². The summed E-state index contributed by atoms with van der Waals surface area (Å²) in [5.74, 6) is 0.873. The van der Waals surface area contributed by atoms with Crippen molar-refractivity contribution in [3.63, 3.8) is 0 Å². The van der Waals surface area contributed by atoms with Crippen molar-refractivity contribution in [3.8, 4) is 5.75 Å². The topological polar surface area (TPSA) is 29.5 Å². The molecule has 0 radical (unpaired) electrons. The van der Waals surface area contributed by atoms with Crippen LogP contribution in [0.4, 0.5) is 0 Å². The molecule has 0 aliphatic carbocycles. The summed E-state index contributed by atoms with van der Waals surface area (Å²) >= 11 is 0.279. The zero-order valence-electron chi connectivity index (χ0n) is 10.2. The molecule has 0 fully saturated rings. The third-order valence-electron chi connectivity index (χ3n) is 2.65. The molecule has 2 aromatic carbocycles. The minimum absolute atomic E-state index is 0.279. The maximum atomic E-state index is 10.1. The summed E-state index contributed by atoms with van der Waals surface area (Å²) in [6.07, 6.45) is -0.367. The van der Waals surface area contributed by atoms with E-state index in [0.29, 0.717) is 0 Å². The average molecular weight is 307 g/mol. The first-order valence-electron chi connectivity index (χ1n) is 5.79. The number of aliphatic hydroxyl groups excluding tert-OH is 1. The van der Waals surface area contributed by atoms with Crippen LogP contribution in [0.3, 0.4) is 0 Å². The molecule has 0 aliphatic heterocycles. The van der Waals surface area contributed by atoms with Gasteiger partial charge in [-0.2, -0.15) is 0 Å². The van der Waals surface area contributed by atoms with Crippen LogP contribution in [0.1, 0.15) is 11.7 Å². The van der Waals surface area contributed by atoms with E-state index >= 15 is 0 Å². The summed E-state index contributed by atoms with van der Waals surface area (Å²) < 4.78 is 6.40. The molecule has 0 saturated carbocycles. The Labute approximate surface area is 114 Å². The van der Waals surface area contributed by atoms with Crippen molar-refractivity contribution in [1.82, 2.24) is 0 Å². The van der Waals surface area contributed by atoms with Crippen LogP contribution in [-0.2, 0) is 0 Å². The Morgan fingerprint density at radius 3 is 2.33 bits per heavy atom. The van der Waals surface area contributed by atoms with Gasteiger partial charge in [0.25, 0.3) is 0 Å². The van der Waals surface area contributed by atoms with Crippen LogP contribution in [0.2, 0.25) is 5.32 Å². The molecule has 2 rings (SSSR count). The Bertz CT molecular complexity index is 468.